The molecule has 0 saturated heterocycles. The van der Waals surface area contributed by atoms with Crippen molar-refractivity contribution in [2.24, 2.45) is 0 Å². The number of thiazole rings is 1. The normalized spacial score (nSPS) is 16.8. The number of hydrogen-bond acceptors (Lipinski definition) is 5. The average Bonchev–Trinajstić information content (AvgIpc) is 3.05. The summed E-state index contributed by atoms with van der Waals surface area (Å²) in [5.74, 6) is 0.107. The zero-order chi connectivity index (χ0) is 17.9. The van der Waals surface area contributed by atoms with Gasteiger partial charge >= 0.3 is 0 Å². The Bertz CT molecular complexity index is 910. The van der Waals surface area contributed by atoms with Crippen molar-refractivity contribution in [2.75, 3.05) is 11.4 Å². The molecular weight excluding hydrogens is 362 g/mol. The molecule has 3 heterocycles. The monoisotopic (exact) mass is 381 g/mol. The highest BCUT2D eigenvalue weighted by atomic mass is 32.2. The van der Waals surface area contributed by atoms with Crippen molar-refractivity contribution in [2.45, 2.75) is 29.9 Å². The number of carbonyl (C=O) groups is 1. The fourth-order valence-electron chi connectivity index (χ4n) is 3.01. The summed E-state index contributed by atoms with van der Waals surface area (Å²) in [6, 6.07) is 12.1. The molecule has 2 aromatic heterocycles. The summed E-state index contributed by atoms with van der Waals surface area (Å²) in [7, 11) is 0. The van der Waals surface area contributed by atoms with Crippen LogP contribution in [-0.4, -0.2) is 27.7 Å². The van der Waals surface area contributed by atoms with Gasteiger partial charge in [-0.2, -0.15) is 0 Å². The zero-order valence-corrected chi connectivity index (χ0v) is 16.1. The molecular formula is C20H19N3OS2. The van der Waals surface area contributed by atoms with Crippen LogP contribution in [0.15, 0.2) is 59.1 Å². The minimum absolute atomic E-state index is 0.107. The predicted octanol–water partition coefficient (Wildman–Crippen LogP) is 4.67. The highest BCUT2D eigenvalue weighted by Crippen LogP contribution is 2.37. The molecule has 1 atom stereocenters. The van der Waals surface area contributed by atoms with E-state index in [1.54, 1.807) is 23.7 Å². The summed E-state index contributed by atoms with van der Waals surface area (Å²) in [4.78, 5) is 24.9. The van der Waals surface area contributed by atoms with Gasteiger partial charge in [-0.05, 0) is 30.7 Å². The van der Waals surface area contributed by atoms with Gasteiger partial charge < -0.3 is 4.90 Å². The van der Waals surface area contributed by atoms with Crippen molar-refractivity contribution in [1.82, 2.24) is 9.97 Å². The lowest BCUT2D eigenvalue weighted by Crippen LogP contribution is -2.33. The highest BCUT2D eigenvalue weighted by Gasteiger charge is 2.24. The molecule has 3 aromatic rings. The molecule has 0 spiro atoms. The molecule has 0 N–H and O–H groups in total. The SMILES string of the molecule is CC1CCN(C(=O)Cc2csc(-c3cccnc3)n2)c2ccccc2S1. The molecule has 26 heavy (non-hydrogen) atoms. The summed E-state index contributed by atoms with van der Waals surface area (Å²) in [6.07, 6.45) is 4.86. The molecule has 132 valence electrons. The summed E-state index contributed by atoms with van der Waals surface area (Å²) in [6.45, 7) is 2.97. The van der Waals surface area contributed by atoms with Crippen LogP contribution in [-0.2, 0) is 11.2 Å². The second-order valence-corrected chi connectivity index (χ2v) is 8.63. The summed E-state index contributed by atoms with van der Waals surface area (Å²) >= 11 is 3.40. The zero-order valence-electron chi connectivity index (χ0n) is 14.5. The molecule has 1 aliphatic rings. The number of carbonyl (C=O) groups excluding carboxylic acids is 1. The maximum absolute atomic E-state index is 13.0. The minimum Gasteiger partial charge on any atom is -0.311 e. The number of amides is 1. The molecule has 0 bridgehead atoms. The summed E-state index contributed by atoms with van der Waals surface area (Å²) in [5, 5.41) is 3.38. The number of anilines is 1. The Labute approximate surface area is 161 Å². The molecule has 0 fully saturated rings. The van der Waals surface area contributed by atoms with Crippen molar-refractivity contribution >= 4 is 34.7 Å². The van der Waals surface area contributed by atoms with Crippen LogP contribution in [0.2, 0.25) is 0 Å². The Kier molecular flexibility index (Phi) is 5.04. The van der Waals surface area contributed by atoms with Crippen LogP contribution in [0.4, 0.5) is 5.69 Å². The van der Waals surface area contributed by atoms with E-state index >= 15 is 0 Å². The lowest BCUT2D eigenvalue weighted by Gasteiger charge is -2.22. The maximum Gasteiger partial charge on any atom is 0.233 e. The molecule has 6 heteroatoms. The quantitative estimate of drug-likeness (QED) is 0.662. The first-order valence-corrected chi connectivity index (χ1v) is 10.4. The van der Waals surface area contributed by atoms with Gasteiger partial charge in [-0.1, -0.05) is 19.1 Å². The number of hydrogen-bond donors (Lipinski definition) is 0. The van der Waals surface area contributed by atoms with Gasteiger partial charge in [0.1, 0.15) is 5.01 Å². The van der Waals surface area contributed by atoms with Crippen LogP contribution in [0.3, 0.4) is 0 Å². The average molecular weight is 382 g/mol. The fraction of sp³-hybridized carbons (Fsp3) is 0.250. The molecule has 0 saturated carbocycles. The van der Waals surface area contributed by atoms with Crippen LogP contribution < -0.4 is 4.90 Å². The second kappa shape index (κ2) is 7.60. The van der Waals surface area contributed by atoms with E-state index in [4.69, 9.17) is 0 Å². The van der Waals surface area contributed by atoms with E-state index in [9.17, 15) is 4.79 Å². The maximum atomic E-state index is 13.0. The van der Waals surface area contributed by atoms with Gasteiger partial charge in [0.2, 0.25) is 5.91 Å². The van der Waals surface area contributed by atoms with E-state index in [1.165, 1.54) is 4.90 Å². The van der Waals surface area contributed by atoms with Crippen molar-refractivity contribution in [3.8, 4) is 10.6 Å². The van der Waals surface area contributed by atoms with Gasteiger partial charge in [-0.3, -0.25) is 9.78 Å². The van der Waals surface area contributed by atoms with Crippen molar-refractivity contribution in [3.05, 3.63) is 59.9 Å². The first-order valence-electron chi connectivity index (χ1n) is 8.61. The van der Waals surface area contributed by atoms with Gasteiger partial charge in [0.15, 0.2) is 0 Å². The van der Waals surface area contributed by atoms with Crippen LogP contribution in [0.25, 0.3) is 10.6 Å². The molecule has 0 aliphatic carbocycles. The number of thioether (sulfide) groups is 1. The van der Waals surface area contributed by atoms with E-state index < -0.39 is 0 Å². The van der Waals surface area contributed by atoms with Crippen LogP contribution in [0.5, 0.6) is 0 Å². The molecule has 1 aromatic carbocycles. The minimum atomic E-state index is 0.107. The Morgan fingerprint density at radius 1 is 1.27 bits per heavy atom. The molecule has 4 nitrogen and oxygen atoms in total. The Morgan fingerprint density at radius 3 is 3.00 bits per heavy atom. The fourth-order valence-corrected chi connectivity index (χ4v) is 4.93. The first-order chi connectivity index (χ1) is 12.7. The molecule has 1 amide bonds. The molecule has 0 radical (unpaired) electrons. The number of rotatable bonds is 3. The predicted molar refractivity (Wildman–Crippen MR) is 108 cm³/mol. The number of fused-ring (bicyclic) bond motifs is 1. The van der Waals surface area contributed by atoms with E-state index in [0.29, 0.717) is 11.7 Å². The lowest BCUT2D eigenvalue weighted by molar-refractivity contribution is -0.118. The Hall–Kier alpha value is -2.18. The third kappa shape index (κ3) is 3.66. The number of pyridine rings is 1. The van der Waals surface area contributed by atoms with Gasteiger partial charge in [-0.25, -0.2) is 4.98 Å². The van der Waals surface area contributed by atoms with E-state index in [2.05, 4.69) is 23.0 Å². The molecule has 1 aliphatic heterocycles. The topological polar surface area (TPSA) is 46.1 Å². The Balaban J connectivity index is 1.54. The molecule has 1 unspecified atom stereocenters. The first kappa shape index (κ1) is 17.2. The number of aromatic nitrogens is 2. The lowest BCUT2D eigenvalue weighted by atomic mass is 10.2. The van der Waals surface area contributed by atoms with Crippen molar-refractivity contribution in [3.63, 3.8) is 0 Å². The van der Waals surface area contributed by atoms with E-state index in [-0.39, 0.29) is 5.91 Å². The van der Waals surface area contributed by atoms with Gasteiger partial charge in [0.25, 0.3) is 0 Å². The van der Waals surface area contributed by atoms with E-state index in [1.807, 2.05) is 52.4 Å². The smallest absolute Gasteiger partial charge is 0.233 e. The standard InChI is InChI=1S/C20H19N3OS2/c1-14-8-10-23(17-6-2-3-7-18(17)26-14)19(24)11-16-13-25-20(22-16)15-5-4-9-21-12-15/h2-7,9,12-14H,8,10-11H2,1H3. The Morgan fingerprint density at radius 2 is 2.15 bits per heavy atom. The van der Waals surface area contributed by atoms with Crippen molar-refractivity contribution in [1.29, 1.82) is 0 Å². The van der Waals surface area contributed by atoms with Crippen LogP contribution in [0.1, 0.15) is 19.0 Å². The third-order valence-corrected chi connectivity index (χ3v) is 6.51. The molecule has 4 rings (SSSR count). The number of nitrogens with zero attached hydrogens (tertiary/aromatic N) is 3. The van der Waals surface area contributed by atoms with Gasteiger partial charge in [0, 0.05) is 40.0 Å². The third-order valence-electron chi connectivity index (χ3n) is 4.34. The number of para-hydroxylation sites is 1. The summed E-state index contributed by atoms with van der Waals surface area (Å²) < 4.78 is 0. The highest BCUT2D eigenvalue weighted by molar-refractivity contribution is 8.00. The second-order valence-electron chi connectivity index (χ2n) is 6.29. The van der Waals surface area contributed by atoms with Gasteiger partial charge in [-0.15, -0.1) is 23.1 Å². The van der Waals surface area contributed by atoms with Crippen LogP contribution in [0, 0.1) is 0 Å². The largest absolute Gasteiger partial charge is 0.311 e. The van der Waals surface area contributed by atoms with Crippen molar-refractivity contribution < 1.29 is 4.79 Å². The van der Waals surface area contributed by atoms with E-state index in [0.717, 1.165) is 34.9 Å². The summed E-state index contributed by atoms with van der Waals surface area (Å²) in [5.41, 5.74) is 2.83. The number of benzene rings is 1. The van der Waals surface area contributed by atoms with Gasteiger partial charge in [0.05, 0.1) is 17.8 Å². The van der Waals surface area contributed by atoms with Crippen LogP contribution >= 0.6 is 23.1 Å².